The summed E-state index contributed by atoms with van der Waals surface area (Å²) in [4.78, 5) is 0. The molecule has 4 rings (SSSR count). The molecule has 1 aromatic carbocycles. The van der Waals surface area contributed by atoms with Gasteiger partial charge in [0.1, 0.15) is 0 Å². The smallest absolute Gasteiger partial charge is 0.239 e. The highest BCUT2D eigenvalue weighted by atomic mass is 32.2. The quantitative estimate of drug-likeness (QED) is 0.892. The number of hydrogen-bond acceptors (Lipinski definition) is 6. The van der Waals surface area contributed by atoms with E-state index in [9.17, 15) is 8.42 Å². The minimum absolute atomic E-state index is 0.201. The number of sulfonamides is 1. The topological polar surface area (TPSA) is 88.3 Å². The van der Waals surface area contributed by atoms with Crippen LogP contribution in [0, 0.1) is 0 Å². The van der Waals surface area contributed by atoms with Crippen molar-refractivity contribution in [1.29, 1.82) is 0 Å². The number of nitrogens with one attached hydrogen (secondary N) is 1. The summed E-state index contributed by atoms with van der Waals surface area (Å²) in [6.45, 7) is 2.89. The molecule has 2 atom stereocenters. The highest BCUT2D eigenvalue weighted by molar-refractivity contribution is 7.93. The zero-order valence-electron chi connectivity index (χ0n) is 14.2. The Morgan fingerprint density at radius 3 is 2.96 bits per heavy atom. The molecular weight excluding hydrogens is 340 g/mol. The van der Waals surface area contributed by atoms with Crippen LogP contribution in [0.25, 0.3) is 0 Å². The molecule has 0 saturated carbocycles. The molecule has 0 bridgehead atoms. The lowest BCUT2D eigenvalue weighted by Gasteiger charge is -2.32. The third-order valence-electron chi connectivity index (χ3n) is 4.97. The highest BCUT2D eigenvalue weighted by Gasteiger charge is 2.41. The van der Waals surface area contributed by atoms with Crippen LogP contribution in [0.15, 0.2) is 28.7 Å². The molecule has 2 aliphatic rings. The number of rotatable bonds is 4. The summed E-state index contributed by atoms with van der Waals surface area (Å²) < 4.78 is 33.6. The van der Waals surface area contributed by atoms with Crippen LogP contribution < -0.4 is 9.62 Å². The van der Waals surface area contributed by atoms with E-state index < -0.39 is 15.3 Å². The van der Waals surface area contributed by atoms with Crippen molar-refractivity contribution >= 4 is 15.7 Å². The van der Waals surface area contributed by atoms with Gasteiger partial charge >= 0.3 is 0 Å². The van der Waals surface area contributed by atoms with Crippen LogP contribution in [0.2, 0.25) is 0 Å². The number of aryl methyl sites for hydroxylation is 2. The Labute approximate surface area is 147 Å². The van der Waals surface area contributed by atoms with Crippen LogP contribution in [0.1, 0.15) is 43.2 Å². The van der Waals surface area contributed by atoms with Gasteiger partial charge in [0.2, 0.25) is 21.8 Å². The zero-order valence-corrected chi connectivity index (χ0v) is 15.0. The minimum Gasteiger partial charge on any atom is -0.424 e. The second kappa shape index (κ2) is 6.42. The van der Waals surface area contributed by atoms with Crippen LogP contribution in [-0.4, -0.2) is 37.0 Å². The molecule has 2 unspecified atom stereocenters. The van der Waals surface area contributed by atoms with Crippen molar-refractivity contribution in [3.05, 3.63) is 41.6 Å². The second-order valence-corrected chi connectivity index (χ2v) is 8.69. The molecule has 2 aliphatic heterocycles. The average Bonchev–Trinajstić information content (AvgIpc) is 3.30. The molecule has 1 fully saturated rings. The first-order valence-corrected chi connectivity index (χ1v) is 10.2. The van der Waals surface area contributed by atoms with E-state index in [4.69, 9.17) is 4.42 Å². The monoisotopic (exact) mass is 362 g/mol. The van der Waals surface area contributed by atoms with Crippen LogP contribution in [0.4, 0.5) is 5.69 Å². The maximum Gasteiger partial charge on any atom is 0.239 e. The van der Waals surface area contributed by atoms with Crippen LogP contribution in [0.3, 0.4) is 0 Å². The lowest BCUT2D eigenvalue weighted by molar-refractivity contribution is 0.405. The van der Waals surface area contributed by atoms with Crippen LogP contribution in [0.5, 0.6) is 0 Å². The molecule has 0 spiro atoms. The fraction of sp³-hybridized carbons (Fsp3) is 0.529. The first-order valence-electron chi connectivity index (χ1n) is 8.74. The van der Waals surface area contributed by atoms with Crippen molar-refractivity contribution in [2.75, 3.05) is 17.4 Å². The molecular formula is C17H22N4O3S. The number of aromatic nitrogens is 2. The normalized spacial score (nSPS) is 23.6. The fourth-order valence-electron chi connectivity index (χ4n) is 3.61. The van der Waals surface area contributed by atoms with E-state index in [0.29, 0.717) is 37.7 Å². The summed E-state index contributed by atoms with van der Waals surface area (Å²) >= 11 is 0. The molecule has 1 aromatic heterocycles. The van der Waals surface area contributed by atoms with Gasteiger partial charge in [-0.25, -0.2) is 8.42 Å². The van der Waals surface area contributed by atoms with E-state index in [2.05, 4.69) is 15.5 Å². The lowest BCUT2D eigenvalue weighted by atomic mass is 10.0. The maximum absolute atomic E-state index is 13.2. The Hall–Kier alpha value is -1.93. The largest absolute Gasteiger partial charge is 0.424 e. The summed E-state index contributed by atoms with van der Waals surface area (Å²) in [7, 11) is -3.43. The third kappa shape index (κ3) is 2.93. The fourth-order valence-corrected chi connectivity index (χ4v) is 5.55. The van der Waals surface area contributed by atoms with Crippen LogP contribution >= 0.6 is 0 Å². The maximum atomic E-state index is 13.2. The molecule has 8 heteroatoms. The highest BCUT2D eigenvalue weighted by Crippen LogP contribution is 2.34. The molecule has 134 valence electrons. The van der Waals surface area contributed by atoms with E-state index in [1.807, 2.05) is 31.2 Å². The Kier molecular flexibility index (Phi) is 4.24. The van der Waals surface area contributed by atoms with Gasteiger partial charge in [-0.2, -0.15) is 0 Å². The van der Waals surface area contributed by atoms with Crippen molar-refractivity contribution in [3.8, 4) is 0 Å². The summed E-state index contributed by atoms with van der Waals surface area (Å²) in [6, 6.07) is 7.57. The van der Waals surface area contributed by atoms with Gasteiger partial charge in [0.05, 0.1) is 17.0 Å². The second-order valence-electron chi connectivity index (χ2n) is 6.56. The van der Waals surface area contributed by atoms with E-state index >= 15 is 0 Å². The predicted molar refractivity (Wildman–Crippen MR) is 93.9 cm³/mol. The number of nitrogens with zero attached hydrogens (tertiary/aromatic N) is 3. The Morgan fingerprint density at radius 2 is 2.16 bits per heavy atom. The Balaban J connectivity index is 1.56. The first-order chi connectivity index (χ1) is 12.1. The number of anilines is 1. The summed E-state index contributed by atoms with van der Waals surface area (Å²) in [5.41, 5.74) is 1.92. The van der Waals surface area contributed by atoms with Gasteiger partial charge in [-0.1, -0.05) is 25.1 Å². The first kappa shape index (κ1) is 16.5. The molecule has 25 heavy (non-hydrogen) atoms. The van der Waals surface area contributed by atoms with E-state index in [1.165, 1.54) is 0 Å². The van der Waals surface area contributed by atoms with Gasteiger partial charge in [0, 0.05) is 19.5 Å². The molecule has 7 nitrogen and oxygen atoms in total. The van der Waals surface area contributed by atoms with E-state index in [0.717, 1.165) is 24.1 Å². The minimum atomic E-state index is -3.43. The van der Waals surface area contributed by atoms with Crippen molar-refractivity contribution in [2.45, 2.75) is 43.9 Å². The van der Waals surface area contributed by atoms with Gasteiger partial charge in [0.15, 0.2) is 0 Å². The predicted octanol–water partition coefficient (Wildman–Crippen LogP) is 1.82. The Morgan fingerprint density at radius 1 is 1.32 bits per heavy atom. The lowest BCUT2D eigenvalue weighted by Crippen LogP contribution is -2.42. The summed E-state index contributed by atoms with van der Waals surface area (Å²) in [5, 5.41) is 10.8. The van der Waals surface area contributed by atoms with Crippen molar-refractivity contribution < 1.29 is 12.8 Å². The average molecular weight is 362 g/mol. The van der Waals surface area contributed by atoms with Crippen molar-refractivity contribution in [1.82, 2.24) is 15.5 Å². The molecule has 1 N–H and O–H groups in total. The van der Waals surface area contributed by atoms with Crippen molar-refractivity contribution in [2.24, 2.45) is 0 Å². The van der Waals surface area contributed by atoms with Crippen LogP contribution in [-0.2, 0) is 22.9 Å². The number of fused-ring (bicyclic) bond motifs is 1. The van der Waals surface area contributed by atoms with Gasteiger partial charge in [-0.15, -0.1) is 10.2 Å². The van der Waals surface area contributed by atoms with Crippen molar-refractivity contribution in [3.63, 3.8) is 0 Å². The summed E-state index contributed by atoms with van der Waals surface area (Å²) in [6.07, 6.45) is 2.90. The molecule has 0 amide bonds. The number of para-hydroxylation sites is 1. The SMILES string of the molecule is CCc1nnc(C2CC(S(=O)(=O)N3CCCc4ccccc43)CN2)o1. The van der Waals surface area contributed by atoms with E-state index in [1.54, 1.807) is 4.31 Å². The molecule has 0 aliphatic carbocycles. The van der Waals surface area contributed by atoms with Gasteiger partial charge in [-0.05, 0) is 30.9 Å². The zero-order chi connectivity index (χ0) is 17.4. The standard InChI is InChI=1S/C17H22N4O3S/c1-2-16-19-20-17(24-16)14-10-13(11-18-14)25(22,23)21-9-5-7-12-6-3-4-8-15(12)21/h3-4,6,8,13-14,18H,2,5,7,9-11H2,1H3. The van der Waals surface area contributed by atoms with Gasteiger partial charge < -0.3 is 9.73 Å². The number of benzene rings is 1. The molecule has 1 saturated heterocycles. The molecule has 2 aromatic rings. The van der Waals surface area contributed by atoms with E-state index in [-0.39, 0.29) is 6.04 Å². The molecule has 3 heterocycles. The van der Waals surface area contributed by atoms with Gasteiger partial charge in [0.25, 0.3) is 0 Å². The van der Waals surface area contributed by atoms with Gasteiger partial charge in [-0.3, -0.25) is 4.31 Å². The summed E-state index contributed by atoms with van der Waals surface area (Å²) in [5.74, 6) is 1.06. The number of hydrogen-bond donors (Lipinski definition) is 1. The third-order valence-corrected chi connectivity index (χ3v) is 7.16. The molecule has 0 radical (unpaired) electrons. The Bertz CT molecular complexity index is 864.